The Labute approximate surface area is 201 Å². The Morgan fingerprint density at radius 2 is 1.94 bits per heavy atom. The van der Waals surface area contributed by atoms with Crippen LogP contribution in [0.25, 0.3) is 10.8 Å². The van der Waals surface area contributed by atoms with Gasteiger partial charge in [-0.3, -0.25) is 9.36 Å². The Hall–Kier alpha value is -2.55. The second kappa shape index (κ2) is 9.00. The summed E-state index contributed by atoms with van der Waals surface area (Å²) in [6.45, 7) is 3.48. The number of likely N-dealkylation sites (tertiary alicyclic amines) is 1. The van der Waals surface area contributed by atoms with Crippen LogP contribution in [0.3, 0.4) is 0 Å². The average molecular weight is 485 g/mol. The topological polar surface area (TPSA) is 78.7 Å². The number of hydrogen-bond donors (Lipinski definition) is 1. The molecule has 1 aromatic heterocycles. The number of imidazole rings is 1. The van der Waals surface area contributed by atoms with Crippen LogP contribution in [0.15, 0.2) is 47.5 Å². The van der Waals surface area contributed by atoms with Crippen molar-refractivity contribution in [3.63, 3.8) is 0 Å². The number of aliphatic hydroxyl groups is 1. The Morgan fingerprint density at radius 1 is 1.21 bits per heavy atom. The van der Waals surface area contributed by atoms with Crippen LogP contribution in [-0.4, -0.2) is 67.4 Å². The zero-order valence-corrected chi connectivity index (χ0v) is 19.8. The van der Waals surface area contributed by atoms with Gasteiger partial charge in [0.25, 0.3) is 5.91 Å². The van der Waals surface area contributed by atoms with Crippen LogP contribution in [0.4, 0.5) is 4.79 Å². The molecule has 2 aromatic carbocycles. The molecule has 5 rings (SSSR count). The molecule has 2 aliphatic heterocycles. The number of halogens is 1. The Bertz CT molecular complexity index is 1220. The van der Waals surface area contributed by atoms with Gasteiger partial charge in [-0.2, -0.15) is 0 Å². The van der Waals surface area contributed by atoms with E-state index in [4.69, 9.17) is 11.6 Å². The Morgan fingerprint density at radius 3 is 2.70 bits per heavy atom. The van der Waals surface area contributed by atoms with E-state index in [0.29, 0.717) is 49.1 Å². The number of carbonyl (C=O) groups excluding carboxylic acids is 2. The summed E-state index contributed by atoms with van der Waals surface area (Å²) in [5.74, 6) is 0.762. The quantitative estimate of drug-likeness (QED) is 0.555. The van der Waals surface area contributed by atoms with Crippen LogP contribution in [0.5, 0.6) is 0 Å². The molecule has 1 atom stereocenters. The van der Waals surface area contributed by atoms with Gasteiger partial charge in [-0.15, -0.1) is 11.8 Å². The van der Waals surface area contributed by atoms with E-state index in [-0.39, 0.29) is 18.0 Å². The number of rotatable bonds is 5. The van der Waals surface area contributed by atoms with Crippen LogP contribution in [-0.2, 0) is 11.3 Å². The third-order valence-electron chi connectivity index (χ3n) is 6.46. The molecular formula is C24H25ClN4O3S. The number of aryl methyl sites for hydroxylation is 1. The fraction of sp³-hybridized carbons (Fsp3) is 0.375. The molecule has 0 aliphatic carbocycles. The molecule has 0 radical (unpaired) electrons. The molecule has 1 N–H and O–H groups in total. The van der Waals surface area contributed by atoms with Crippen molar-refractivity contribution >= 4 is 46.1 Å². The lowest BCUT2D eigenvalue weighted by atomic mass is 10.0. The number of hydrogen-bond acceptors (Lipinski definition) is 5. The summed E-state index contributed by atoms with van der Waals surface area (Å²) in [6.07, 6.45) is 2.12. The molecule has 7 nitrogen and oxygen atoms in total. The zero-order valence-electron chi connectivity index (χ0n) is 18.3. The molecule has 9 heteroatoms. The summed E-state index contributed by atoms with van der Waals surface area (Å²) >= 11 is 7.51. The van der Waals surface area contributed by atoms with Crippen molar-refractivity contribution < 1.29 is 14.7 Å². The predicted octanol–water partition coefficient (Wildman–Crippen LogP) is 3.93. The molecule has 33 heavy (non-hydrogen) atoms. The molecule has 0 spiro atoms. The third-order valence-corrected chi connectivity index (χ3v) is 7.77. The monoisotopic (exact) mass is 484 g/mol. The molecule has 0 unspecified atom stereocenters. The minimum atomic E-state index is -1.06. The number of benzene rings is 2. The summed E-state index contributed by atoms with van der Waals surface area (Å²) in [7, 11) is 0. The minimum Gasteiger partial charge on any atom is -0.382 e. The van der Waals surface area contributed by atoms with Crippen molar-refractivity contribution in [2.45, 2.75) is 43.4 Å². The van der Waals surface area contributed by atoms with Gasteiger partial charge in [0, 0.05) is 34.8 Å². The number of aromatic nitrogens is 2. The van der Waals surface area contributed by atoms with Crippen molar-refractivity contribution in [1.82, 2.24) is 19.4 Å². The van der Waals surface area contributed by atoms with Crippen molar-refractivity contribution in [2.24, 2.45) is 0 Å². The summed E-state index contributed by atoms with van der Waals surface area (Å²) < 4.78 is 1.67. The molecule has 2 amide bonds. The highest BCUT2D eigenvalue weighted by Crippen LogP contribution is 2.28. The second-order valence-electron chi connectivity index (χ2n) is 8.58. The highest BCUT2D eigenvalue weighted by Gasteiger charge is 2.37. The van der Waals surface area contributed by atoms with Crippen LogP contribution in [0.2, 0.25) is 5.02 Å². The smallest absolute Gasteiger partial charge is 0.330 e. The Balaban J connectivity index is 1.13. The molecule has 1 fully saturated rings. The summed E-state index contributed by atoms with van der Waals surface area (Å²) in [6, 6.07) is 11.8. The van der Waals surface area contributed by atoms with E-state index in [2.05, 4.69) is 4.98 Å². The van der Waals surface area contributed by atoms with Gasteiger partial charge in [0.05, 0.1) is 18.4 Å². The van der Waals surface area contributed by atoms with E-state index in [1.54, 1.807) is 15.7 Å². The first-order valence-corrected chi connectivity index (χ1v) is 12.4. The van der Waals surface area contributed by atoms with Gasteiger partial charge in [0.15, 0.2) is 0 Å². The summed E-state index contributed by atoms with van der Waals surface area (Å²) in [5.41, 5.74) is 0.917. The number of nitrogens with zero attached hydrogens (tertiary/aromatic N) is 4. The number of fused-ring (bicyclic) bond motifs is 2. The van der Waals surface area contributed by atoms with Gasteiger partial charge in [-0.1, -0.05) is 23.7 Å². The van der Waals surface area contributed by atoms with Gasteiger partial charge in [-0.05, 0) is 54.8 Å². The first kappa shape index (κ1) is 22.3. The zero-order chi connectivity index (χ0) is 23.1. The Kier molecular flexibility index (Phi) is 6.07. The molecule has 0 saturated carbocycles. The summed E-state index contributed by atoms with van der Waals surface area (Å²) in [5, 5.41) is 13.3. The first-order chi connectivity index (χ1) is 15.9. The van der Waals surface area contributed by atoms with E-state index in [1.165, 1.54) is 11.8 Å². The van der Waals surface area contributed by atoms with Crippen molar-refractivity contribution in [1.29, 1.82) is 0 Å². The van der Waals surface area contributed by atoms with Crippen molar-refractivity contribution in [3.8, 4) is 0 Å². The van der Waals surface area contributed by atoms with E-state index in [9.17, 15) is 14.7 Å². The van der Waals surface area contributed by atoms with Crippen LogP contribution >= 0.6 is 23.4 Å². The SMILES string of the molecule is Cc1ncc2n1C(=O)N(C1CCN(C(=O)[C@H](O)CSc3ccc4cc(Cl)ccc4c3)CC1)C2. The highest BCUT2D eigenvalue weighted by atomic mass is 35.5. The van der Waals surface area contributed by atoms with E-state index < -0.39 is 6.10 Å². The molecule has 3 aromatic rings. The van der Waals surface area contributed by atoms with Crippen molar-refractivity contribution in [3.05, 3.63) is 59.1 Å². The number of thioether (sulfide) groups is 1. The fourth-order valence-corrected chi connectivity index (χ4v) is 5.71. The minimum absolute atomic E-state index is 0.0288. The first-order valence-electron chi connectivity index (χ1n) is 11.0. The number of carbonyl (C=O) groups is 2. The normalized spacial score (nSPS) is 17.6. The van der Waals surface area contributed by atoms with E-state index in [0.717, 1.165) is 21.4 Å². The maximum absolute atomic E-state index is 12.8. The lowest BCUT2D eigenvalue weighted by Gasteiger charge is -2.37. The van der Waals surface area contributed by atoms with Gasteiger partial charge in [0.2, 0.25) is 0 Å². The van der Waals surface area contributed by atoms with Crippen LogP contribution in [0, 0.1) is 6.92 Å². The molecule has 1 saturated heterocycles. The number of amides is 2. The number of aliphatic hydroxyl groups excluding tert-OH is 1. The van der Waals surface area contributed by atoms with E-state index >= 15 is 0 Å². The fourth-order valence-electron chi connectivity index (χ4n) is 4.66. The van der Waals surface area contributed by atoms with Crippen LogP contribution in [0.1, 0.15) is 24.4 Å². The van der Waals surface area contributed by atoms with Gasteiger partial charge in [-0.25, -0.2) is 9.78 Å². The third kappa shape index (κ3) is 4.35. The molecule has 172 valence electrons. The molecule has 3 heterocycles. The second-order valence-corrected chi connectivity index (χ2v) is 10.1. The van der Waals surface area contributed by atoms with E-state index in [1.807, 2.05) is 48.2 Å². The summed E-state index contributed by atoms with van der Waals surface area (Å²) in [4.78, 5) is 34.3. The lowest BCUT2D eigenvalue weighted by Crippen LogP contribution is -2.50. The lowest BCUT2D eigenvalue weighted by molar-refractivity contribution is -0.140. The largest absolute Gasteiger partial charge is 0.382 e. The van der Waals surface area contributed by atoms with Crippen LogP contribution < -0.4 is 0 Å². The molecule has 2 aliphatic rings. The molecular weight excluding hydrogens is 460 g/mol. The van der Waals surface area contributed by atoms with Gasteiger partial charge < -0.3 is 14.9 Å². The maximum Gasteiger partial charge on any atom is 0.330 e. The number of piperidine rings is 1. The van der Waals surface area contributed by atoms with Crippen molar-refractivity contribution in [2.75, 3.05) is 18.8 Å². The standard InChI is InChI=1S/C24H25ClN4O3S/c1-15-26-12-20-13-28(24(32)29(15)20)19-6-8-27(9-7-19)23(31)22(30)14-33-21-5-3-16-10-18(25)4-2-17(16)11-21/h2-5,10-12,19,22,30H,6-9,13-14H2,1H3/t22-/m1/s1. The highest BCUT2D eigenvalue weighted by molar-refractivity contribution is 7.99. The van der Waals surface area contributed by atoms with Gasteiger partial charge >= 0.3 is 6.03 Å². The predicted molar refractivity (Wildman–Crippen MR) is 129 cm³/mol. The molecule has 0 bridgehead atoms. The van der Waals surface area contributed by atoms with Gasteiger partial charge in [0.1, 0.15) is 11.9 Å². The average Bonchev–Trinajstić information content (AvgIpc) is 3.36. The maximum atomic E-state index is 12.8.